The van der Waals surface area contributed by atoms with Gasteiger partial charge in [0.05, 0.1) is 49.8 Å². The van der Waals surface area contributed by atoms with Crippen molar-refractivity contribution in [2.75, 3.05) is 13.2 Å². The first-order valence-corrected chi connectivity index (χ1v) is 23.3. The van der Waals surface area contributed by atoms with Gasteiger partial charge in [0.25, 0.3) is 0 Å². The zero-order chi connectivity index (χ0) is 56.7. The minimum atomic E-state index is -1.96. The molecular weight excluding hydrogens is 997 g/mol. The summed E-state index contributed by atoms with van der Waals surface area (Å²) < 4.78 is 0. The van der Waals surface area contributed by atoms with E-state index in [-0.39, 0.29) is 12.8 Å². The first-order valence-electron chi connectivity index (χ1n) is 23.3. The number of nitrogens with zero attached hydrogens (tertiary/aromatic N) is 1. The zero-order valence-electron chi connectivity index (χ0n) is 41.5. The molecule has 0 saturated carbocycles. The van der Waals surface area contributed by atoms with Gasteiger partial charge in [0.1, 0.15) is 48.3 Å². The first kappa shape index (κ1) is 63.0. The fraction of sp³-hybridized carbons (Fsp3) is 0.533. The van der Waals surface area contributed by atoms with Gasteiger partial charge in [0, 0.05) is 25.5 Å². The molecule has 0 radical (unpaired) electrons. The van der Waals surface area contributed by atoms with Crippen LogP contribution in [0.1, 0.15) is 65.1 Å². The summed E-state index contributed by atoms with van der Waals surface area (Å²) in [5.41, 5.74) is 6.80. The summed E-state index contributed by atoms with van der Waals surface area (Å²) >= 11 is 0. The Morgan fingerprint density at radius 3 is 1.64 bits per heavy atom. The second kappa shape index (κ2) is 30.8. The molecule has 0 aliphatic heterocycles. The maximum atomic E-state index is 13.9. The summed E-state index contributed by atoms with van der Waals surface area (Å²) in [6.45, 7) is 4.22. The van der Waals surface area contributed by atoms with Crippen LogP contribution >= 0.6 is 0 Å². The zero-order valence-corrected chi connectivity index (χ0v) is 41.5. The number of benzene rings is 1. The number of aliphatic hydroxyl groups is 3. The summed E-state index contributed by atoms with van der Waals surface area (Å²) in [4.78, 5) is 161. The minimum absolute atomic E-state index is 0.0213. The van der Waals surface area contributed by atoms with Gasteiger partial charge in [-0.05, 0) is 38.7 Å². The lowest BCUT2D eigenvalue weighted by atomic mass is 10.0. The van der Waals surface area contributed by atoms with E-state index in [2.05, 4.69) is 52.5 Å². The van der Waals surface area contributed by atoms with Gasteiger partial charge < -0.3 is 89.2 Å². The van der Waals surface area contributed by atoms with Gasteiger partial charge >= 0.3 is 17.9 Å². The van der Waals surface area contributed by atoms with E-state index in [9.17, 15) is 88.2 Å². The van der Waals surface area contributed by atoms with Crippen LogP contribution in [-0.4, -0.2) is 191 Å². The molecule has 11 atom stereocenters. The molecule has 75 heavy (non-hydrogen) atoms. The molecule has 18 N–H and O–H groups in total. The molecule has 0 unspecified atom stereocenters. The number of amides is 9. The van der Waals surface area contributed by atoms with Crippen LogP contribution in [0.4, 0.5) is 0 Å². The van der Waals surface area contributed by atoms with Crippen molar-refractivity contribution in [3.8, 4) is 0 Å². The fourth-order valence-corrected chi connectivity index (χ4v) is 6.72. The Hall–Kier alpha value is -8.09. The van der Waals surface area contributed by atoms with Crippen LogP contribution in [0.15, 0.2) is 42.9 Å². The van der Waals surface area contributed by atoms with Crippen molar-refractivity contribution in [2.45, 2.75) is 133 Å². The van der Waals surface area contributed by atoms with Crippen LogP contribution in [0, 0.1) is 5.92 Å². The maximum Gasteiger partial charge on any atom is 0.326 e. The van der Waals surface area contributed by atoms with Crippen molar-refractivity contribution in [1.82, 2.24) is 57.8 Å². The number of aromatic nitrogens is 2. The van der Waals surface area contributed by atoms with Crippen LogP contribution in [-0.2, 0) is 70.4 Å². The Morgan fingerprint density at radius 2 is 1.12 bits per heavy atom. The van der Waals surface area contributed by atoms with Gasteiger partial charge in [0.2, 0.25) is 53.2 Å². The molecule has 30 heteroatoms. The first-order chi connectivity index (χ1) is 35.1. The third-order valence-electron chi connectivity index (χ3n) is 10.9. The highest BCUT2D eigenvalue weighted by molar-refractivity contribution is 5.99. The molecule has 414 valence electrons. The smallest absolute Gasteiger partial charge is 0.326 e. The van der Waals surface area contributed by atoms with Crippen molar-refractivity contribution in [1.29, 1.82) is 0 Å². The van der Waals surface area contributed by atoms with Crippen LogP contribution in [0.2, 0.25) is 0 Å². The number of aromatic amines is 1. The lowest BCUT2D eigenvalue weighted by molar-refractivity contribution is -0.145. The van der Waals surface area contributed by atoms with Crippen LogP contribution in [0.3, 0.4) is 0 Å². The molecule has 0 bridgehead atoms. The second-order valence-electron chi connectivity index (χ2n) is 17.5. The lowest BCUT2D eigenvalue weighted by Crippen LogP contribution is -2.63. The predicted octanol–water partition coefficient (Wildman–Crippen LogP) is -6.63. The number of H-pyrrole nitrogens is 1. The average Bonchev–Trinajstić information content (AvgIpc) is 3.85. The number of imidazole rings is 1. The quantitative estimate of drug-likeness (QED) is 0.0324. The maximum absolute atomic E-state index is 13.9. The van der Waals surface area contributed by atoms with Gasteiger partial charge in [-0.15, -0.1) is 0 Å². The number of hydrogen-bond donors (Lipinski definition) is 17. The van der Waals surface area contributed by atoms with Crippen molar-refractivity contribution in [3.05, 3.63) is 54.1 Å². The molecule has 0 spiro atoms. The number of aliphatic hydroxyl groups excluding tert-OH is 3. The van der Waals surface area contributed by atoms with Crippen LogP contribution < -0.4 is 53.6 Å². The SMILES string of the molecule is CC(C)[C@H](NC(=O)[C@H](CC(=O)O)NC(=O)[C@H](CO)NC(=O)[C@@H](NC(=O)[C@H](Cc1ccccc1)NC(=O)[C@@H](NC(=O)CNC(=O)[C@H](CCC(=O)O)NC(=O)[C@H](C)NC(=O)[C@@H](N)Cc1c[nH]cn1)[C@@H](C)O)[C@@H](C)O)C(=O)O. The fourth-order valence-electron chi connectivity index (χ4n) is 6.72. The number of carboxylic acid groups (broad SMARTS) is 3. The molecule has 1 aromatic carbocycles. The number of nitrogens with one attached hydrogen (secondary N) is 10. The van der Waals surface area contributed by atoms with Crippen LogP contribution in [0.25, 0.3) is 0 Å². The molecule has 30 nitrogen and oxygen atoms in total. The number of rotatable bonds is 32. The lowest BCUT2D eigenvalue weighted by Gasteiger charge is -2.28. The Bertz CT molecular complexity index is 2320. The molecule has 0 saturated heterocycles. The van der Waals surface area contributed by atoms with Gasteiger partial charge in [0.15, 0.2) is 0 Å². The molecule has 1 heterocycles. The third-order valence-corrected chi connectivity index (χ3v) is 10.9. The third kappa shape index (κ3) is 21.9. The summed E-state index contributed by atoms with van der Waals surface area (Å²) in [6, 6.07) is -6.86. The van der Waals surface area contributed by atoms with Gasteiger partial charge in [-0.25, -0.2) is 9.78 Å². The summed E-state index contributed by atoms with van der Waals surface area (Å²) in [5, 5.41) is 79.2. The Balaban J connectivity index is 2.22. The van der Waals surface area contributed by atoms with E-state index in [4.69, 9.17) is 5.73 Å². The Kier molecular flexibility index (Phi) is 25.9. The summed E-state index contributed by atoms with van der Waals surface area (Å²) in [6.07, 6.45) is -3.01. The molecule has 2 aromatic rings. The minimum Gasteiger partial charge on any atom is -0.481 e. The number of carbonyl (C=O) groups is 12. The molecule has 2 rings (SSSR count). The monoisotopic (exact) mass is 1060 g/mol. The topological polar surface area (TPSA) is 489 Å². The highest BCUT2D eigenvalue weighted by atomic mass is 16.4. The molecule has 9 amide bonds. The Morgan fingerprint density at radius 1 is 0.587 bits per heavy atom. The molecule has 0 aliphatic carbocycles. The predicted molar refractivity (Wildman–Crippen MR) is 257 cm³/mol. The van der Waals surface area contributed by atoms with E-state index in [1.54, 1.807) is 30.3 Å². The van der Waals surface area contributed by atoms with E-state index in [0.717, 1.165) is 13.8 Å². The highest BCUT2D eigenvalue weighted by Crippen LogP contribution is 2.09. The number of aliphatic carboxylic acids is 3. The van der Waals surface area contributed by atoms with Gasteiger partial charge in [-0.1, -0.05) is 44.2 Å². The molecule has 0 aliphatic rings. The summed E-state index contributed by atoms with van der Waals surface area (Å²) in [7, 11) is 0. The van der Waals surface area contributed by atoms with E-state index in [0.29, 0.717) is 11.3 Å². The molecule has 1 aromatic heterocycles. The Labute approximate surface area is 428 Å². The van der Waals surface area contributed by atoms with Crippen molar-refractivity contribution >= 4 is 71.1 Å². The number of hydrogen-bond acceptors (Lipinski definition) is 17. The van der Waals surface area contributed by atoms with E-state index in [1.807, 2.05) is 5.32 Å². The van der Waals surface area contributed by atoms with E-state index < -0.39 is 176 Å². The molecular formula is C45H66N12O18. The summed E-state index contributed by atoms with van der Waals surface area (Å²) in [5.74, 6) is -15.1. The van der Waals surface area contributed by atoms with Gasteiger partial charge in [-0.3, -0.25) is 52.7 Å². The normalized spacial score (nSPS) is 15.4. The number of nitrogens with two attached hydrogens (primary N) is 1. The average molecular weight is 1060 g/mol. The van der Waals surface area contributed by atoms with Gasteiger partial charge in [-0.2, -0.15) is 0 Å². The van der Waals surface area contributed by atoms with Crippen molar-refractivity contribution < 1.29 is 88.2 Å². The second-order valence-corrected chi connectivity index (χ2v) is 17.5. The van der Waals surface area contributed by atoms with Crippen molar-refractivity contribution in [3.63, 3.8) is 0 Å². The molecule has 0 fully saturated rings. The van der Waals surface area contributed by atoms with E-state index >= 15 is 0 Å². The number of carboxylic acids is 3. The van der Waals surface area contributed by atoms with Crippen molar-refractivity contribution in [2.24, 2.45) is 11.7 Å². The number of carbonyl (C=O) groups excluding carboxylic acids is 9. The van der Waals surface area contributed by atoms with Crippen LogP contribution in [0.5, 0.6) is 0 Å². The largest absolute Gasteiger partial charge is 0.481 e. The van der Waals surface area contributed by atoms with E-state index in [1.165, 1.54) is 33.3 Å². The highest BCUT2D eigenvalue weighted by Gasteiger charge is 2.37. The standard InChI is InChI=1S/C45H66N12O18/c1-20(2)34(45(74)75)56-41(70)29(15-33(64)65)52-42(71)30(18-58)54-44(73)36(23(5)60)57-40(69)28(13-24-9-7-6-8-10-24)53-43(72)35(22(4)59)55-31(61)17-48-39(68)27(11-12-32(62)63)51-37(66)21(3)50-38(67)26(46)14-25-16-47-19-49-25/h6-10,16,19-23,26-30,34-36,58-60H,11-15,17-18,46H2,1-5H3,(H,47,49)(H,48,68)(H,50,67)(H,51,66)(H,52,71)(H,53,72)(H,54,73)(H,55,61)(H,56,70)(H,57,69)(H,62,63)(H,64,65)(H,74,75)/t21-,22+,23+,26-,27-,28-,29-,30-,34-,35-,36-/m0/s1.